The second-order valence-electron chi connectivity index (χ2n) is 4.16. The van der Waals surface area contributed by atoms with Crippen molar-refractivity contribution in [1.29, 1.82) is 0 Å². The van der Waals surface area contributed by atoms with E-state index in [0.717, 1.165) is 5.56 Å². The standard InChI is InChI=1S/C15H14FNO3/c16-12-4-1-10(2-5-12)11-3-6-14(18)13(9-11)15(19)20-8-7-17/h1-6,9,18H,7-8,17H2. The van der Waals surface area contributed by atoms with Crippen LogP contribution in [-0.2, 0) is 4.74 Å². The molecule has 0 aliphatic rings. The molecular weight excluding hydrogens is 261 g/mol. The Hall–Kier alpha value is -2.40. The molecule has 20 heavy (non-hydrogen) atoms. The van der Waals surface area contributed by atoms with Gasteiger partial charge >= 0.3 is 5.97 Å². The predicted octanol–water partition coefficient (Wildman–Crippen LogP) is 2.31. The molecule has 0 aromatic heterocycles. The van der Waals surface area contributed by atoms with E-state index in [4.69, 9.17) is 10.5 Å². The van der Waals surface area contributed by atoms with E-state index in [2.05, 4.69) is 0 Å². The molecule has 2 aromatic rings. The molecule has 0 bridgehead atoms. The minimum Gasteiger partial charge on any atom is -0.507 e. The number of carbonyl (C=O) groups excluding carboxylic acids is 1. The largest absolute Gasteiger partial charge is 0.507 e. The quantitative estimate of drug-likeness (QED) is 0.840. The van der Waals surface area contributed by atoms with E-state index in [9.17, 15) is 14.3 Å². The fraction of sp³-hybridized carbons (Fsp3) is 0.133. The van der Waals surface area contributed by atoms with Crippen molar-refractivity contribution in [3.05, 3.63) is 53.8 Å². The highest BCUT2D eigenvalue weighted by Crippen LogP contribution is 2.26. The molecule has 0 saturated carbocycles. The monoisotopic (exact) mass is 275 g/mol. The number of phenolic OH excluding ortho intramolecular Hbond substituents is 1. The number of rotatable bonds is 4. The van der Waals surface area contributed by atoms with E-state index >= 15 is 0 Å². The van der Waals surface area contributed by atoms with Crippen molar-refractivity contribution in [3.8, 4) is 16.9 Å². The van der Waals surface area contributed by atoms with Gasteiger partial charge in [0.2, 0.25) is 0 Å². The second-order valence-corrected chi connectivity index (χ2v) is 4.16. The molecule has 0 unspecified atom stereocenters. The van der Waals surface area contributed by atoms with Gasteiger partial charge in [-0.25, -0.2) is 9.18 Å². The number of nitrogens with two attached hydrogens (primary N) is 1. The number of ether oxygens (including phenoxy) is 1. The van der Waals surface area contributed by atoms with Gasteiger partial charge in [0.15, 0.2) is 0 Å². The van der Waals surface area contributed by atoms with Crippen molar-refractivity contribution in [1.82, 2.24) is 0 Å². The Kier molecular flexibility index (Phi) is 4.32. The van der Waals surface area contributed by atoms with E-state index in [1.54, 1.807) is 18.2 Å². The van der Waals surface area contributed by atoms with Crippen molar-refractivity contribution in [2.75, 3.05) is 13.2 Å². The lowest BCUT2D eigenvalue weighted by atomic mass is 10.0. The maximum atomic E-state index is 12.9. The molecule has 2 aromatic carbocycles. The van der Waals surface area contributed by atoms with Gasteiger partial charge in [-0.1, -0.05) is 18.2 Å². The highest BCUT2D eigenvalue weighted by Gasteiger charge is 2.13. The molecule has 0 fully saturated rings. The van der Waals surface area contributed by atoms with E-state index < -0.39 is 5.97 Å². The van der Waals surface area contributed by atoms with Crippen molar-refractivity contribution < 1.29 is 19.0 Å². The summed E-state index contributed by atoms with van der Waals surface area (Å²) >= 11 is 0. The first-order valence-corrected chi connectivity index (χ1v) is 6.08. The zero-order valence-corrected chi connectivity index (χ0v) is 10.7. The molecule has 0 radical (unpaired) electrons. The zero-order chi connectivity index (χ0) is 14.5. The number of carbonyl (C=O) groups is 1. The third kappa shape index (κ3) is 3.13. The average Bonchev–Trinajstić information content (AvgIpc) is 2.46. The first kappa shape index (κ1) is 14.0. The molecule has 0 amide bonds. The fourth-order valence-electron chi connectivity index (χ4n) is 1.75. The highest BCUT2D eigenvalue weighted by molar-refractivity contribution is 5.94. The minimum absolute atomic E-state index is 0.0558. The number of hydrogen-bond acceptors (Lipinski definition) is 4. The van der Waals surface area contributed by atoms with Crippen LogP contribution in [0, 0.1) is 5.82 Å². The van der Waals surface area contributed by atoms with Gasteiger partial charge in [0.25, 0.3) is 0 Å². The lowest BCUT2D eigenvalue weighted by Gasteiger charge is -2.08. The smallest absolute Gasteiger partial charge is 0.341 e. The minimum atomic E-state index is -0.642. The Morgan fingerprint density at radius 1 is 1.15 bits per heavy atom. The first-order chi connectivity index (χ1) is 9.61. The Labute approximate surface area is 115 Å². The van der Waals surface area contributed by atoms with Crippen molar-refractivity contribution >= 4 is 5.97 Å². The van der Waals surface area contributed by atoms with Gasteiger partial charge in [-0.3, -0.25) is 0 Å². The normalized spacial score (nSPS) is 10.3. The molecule has 0 atom stereocenters. The maximum absolute atomic E-state index is 12.9. The van der Waals surface area contributed by atoms with Crippen LogP contribution in [0.4, 0.5) is 4.39 Å². The number of esters is 1. The molecule has 0 spiro atoms. The summed E-state index contributed by atoms with van der Waals surface area (Å²) in [4.78, 5) is 11.8. The van der Waals surface area contributed by atoms with Gasteiger partial charge < -0.3 is 15.6 Å². The number of halogens is 1. The average molecular weight is 275 g/mol. The van der Waals surface area contributed by atoms with Crippen molar-refractivity contribution in [2.45, 2.75) is 0 Å². The number of benzene rings is 2. The van der Waals surface area contributed by atoms with Crippen LogP contribution in [0.3, 0.4) is 0 Å². The number of phenols is 1. The SMILES string of the molecule is NCCOC(=O)c1cc(-c2ccc(F)cc2)ccc1O. The van der Waals surface area contributed by atoms with E-state index in [0.29, 0.717) is 5.56 Å². The Balaban J connectivity index is 2.33. The van der Waals surface area contributed by atoms with Gasteiger partial charge in [0.05, 0.1) is 0 Å². The molecule has 3 N–H and O–H groups in total. The van der Waals surface area contributed by atoms with Crippen LogP contribution >= 0.6 is 0 Å². The van der Waals surface area contributed by atoms with Crippen LogP contribution in [0.2, 0.25) is 0 Å². The van der Waals surface area contributed by atoms with Crippen LogP contribution in [-0.4, -0.2) is 24.2 Å². The lowest BCUT2D eigenvalue weighted by molar-refractivity contribution is 0.0513. The molecule has 0 heterocycles. The predicted molar refractivity (Wildman–Crippen MR) is 72.8 cm³/mol. The van der Waals surface area contributed by atoms with Crippen molar-refractivity contribution in [3.63, 3.8) is 0 Å². The van der Waals surface area contributed by atoms with Gasteiger partial charge in [0.1, 0.15) is 23.7 Å². The van der Waals surface area contributed by atoms with Gasteiger partial charge in [-0.15, -0.1) is 0 Å². The first-order valence-electron chi connectivity index (χ1n) is 6.08. The number of aromatic hydroxyl groups is 1. The fourth-order valence-corrected chi connectivity index (χ4v) is 1.75. The number of hydrogen-bond donors (Lipinski definition) is 2. The summed E-state index contributed by atoms with van der Waals surface area (Å²) in [7, 11) is 0. The third-order valence-corrected chi connectivity index (χ3v) is 2.75. The molecular formula is C15H14FNO3. The molecule has 0 aliphatic heterocycles. The van der Waals surface area contributed by atoms with Crippen LogP contribution in [0.5, 0.6) is 5.75 Å². The van der Waals surface area contributed by atoms with Crippen LogP contribution in [0.25, 0.3) is 11.1 Å². The lowest BCUT2D eigenvalue weighted by Crippen LogP contribution is -2.13. The second kappa shape index (κ2) is 6.16. The summed E-state index contributed by atoms with van der Waals surface area (Å²) in [6.07, 6.45) is 0. The summed E-state index contributed by atoms with van der Waals surface area (Å²) in [6, 6.07) is 10.4. The van der Waals surface area contributed by atoms with Crippen molar-refractivity contribution in [2.24, 2.45) is 5.73 Å². The van der Waals surface area contributed by atoms with E-state index in [1.807, 2.05) is 0 Å². The Morgan fingerprint density at radius 3 is 2.45 bits per heavy atom. The Bertz CT molecular complexity index is 611. The zero-order valence-electron chi connectivity index (χ0n) is 10.7. The highest BCUT2D eigenvalue weighted by atomic mass is 19.1. The van der Waals surface area contributed by atoms with E-state index in [1.165, 1.54) is 24.3 Å². The van der Waals surface area contributed by atoms with Gasteiger partial charge in [-0.2, -0.15) is 0 Å². The molecule has 4 nitrogen and oxygen atoms in total. The van der Waals surface area contributed by atoms with Gasteiger partial charge in [0, 0.05) is 6.54 Å². The summed E-state index contributed by atoms with van der Waals surface area (Å²) in [5.74, 6) is -1.15. The molecule has 0 aliphatic carbocycles. The molecule has 0 saturated heterocycles. The molecule has 104 valence electrons. The third-order valence-electron chi connectivity index (χ3n) is 2.75. The summed E-state index contributed by atoms with van der Waals surface area (Å²) in [6.45, 7) is 0.295. The molecule has 5 heteroatoms. The topological polar surface area (TPSA) is 72.5 Å². The van der Waals surface area contributed by atoms with Crippen LogP contribution in [0.1, 0.15) is 10.4 Å². The summed E-state index contributed by atoms with van der Waals surface area (Å²) < 4.78 is 17.8. The molecule has 2 rings (SSSR count). The van der Waals surface area contributed by atoms with E-state index in [-0.39, 0.29) is 30.3 Å². The van der Waals surface area contributed by atoms with Crippen LogP contribution in [0.15, 0.2) is 42.5 Å². The van der Waals surface area contributed by atoms with Gasteiger partial charge in [-0.05, 0) is 35.4 Å². The Morgan fingerprint density at radius 2 is 1.80 bits per heavy atom. The van der Waals surface area contributed by atoms with Crippen LogP contribution < -0.4 is 5.73 Å². The summed E-state index contributed by atoms with van der Waals surface area (Å²) in [5, 5.41) is 9.70. The summed E-state index contributed by atoms with van der Waals surface area (Å²) in [5.41, 5.74) is 6.73. The maximum Gasteiger partial charge on any atom is 0.341 e.